The second-order valence-corrected chi connectivity index (χ2v) is 6.02. The number of aromatic carboxylic acids is 1. The SMILES string of the molecule is O=C(O)c1coc(C(=O)N2CCN(CCc3ccc(F)cc3)CC2)c1. The average Bonchev–Trinajstić information content (AvgIpc) is 3.11. The molecule has 25 heavy (non-hydrogen) atoms. The first-order valence-electron chi connectivity index (χ1n) is 8.11. The number of benzene rings is 1. The van der Waals surface area contributed by atoms with Gasteiger partial charge < -0.3 is 14.4 Å². The Bertz CT molecular complexity index is 749. The molecule has 0 saturated carbocycles. The summed E-state index contributed by atoms with van der Waals surface area (Å²) in [5.74, 6) is -1.59. The smallest absolute Gasteiger partial charge is 0.338 e. The van der Waals surface area contributed by atoms with Gasteiger partial charge in [-0.1, -0.05) is 12.1 Å². The van der Waals surface area contributed by atoms with E-state index in [4.69, 9.17) is 9.52 Å². The molecule has 1 aliphatic rings. The molecule has 1 aromatic heterocycles. The van der Waals surface area contributed by atoms with Crippen LogP contribution in [0.4, 0.5) is 4.39 Å². The molecule has 1 N–H and O–H groups in total. The Morgan fingerprint density at radius 2 is 1.80 bits per heavy atom. The zero-order valence-corrected chi connectivity index (χ0v) is 13.7. The largest absolute Gasteiger partial charge is 0.478 e. The maximum absolute atomic E-state index is 12.9. The number of furan rings is 1. The summed E-state index contributed by atoms with van der Waals surface area (Å²) in [5, 5.41) is 8.88. The zero-order chi connectivity index (χ0) is 17.8. The second-order valence-electron chi connectivity index (χ2n) is 6.02. The standard InChI is InChI=1S/C18H19FN2O4/c19-15-3-1-13(2-4-15)5-6-20-7-9-21(10-8-20)17(22)16-11-14(12-25-16)18(23)24/h1-4,11-12H,5-10H2,(H,23,24). The number of halogens is 1. The number of hydrogen-bond donors (Lipinski definition) is 1. The van der Waals surface area contributed by atoms with Crippen molar-refractivity contribution in [2.24, 2.45) is 0 Å². The molecule has 1 aliphatic heterocycles. The summed E-state index contributed by atoms with van der Waals surface area (Å²) in [7, 11) is 0. The summed E-state index contributed by atoms with van der Waals surface area (Å²) < 4.78 is 18.0. The monoisotopic (exact) mass is 346 g/mol. The highest BCUT2D eigenvalue weighted by Crippen LogP contribution is 2.13. The highest BCUT2D eigenvalue weighted by molar-refractivity contribution is 5.95. The molecule has 0 spiro atoms. The van der Waals surface area contributed by atoms with Gasteiger partial charge in [0.2, 0.25) is 0 Å². The molecule has 0 atom stereocenters. The molecule has 1 fully saturated rings. The summed E-state index contributed by atoms with van der Waals surface area (Å²) in [6, 6.07) is 7.74. The average molecular weight is 346 g/mol. The van der Waals surface area contributed by atoms with Gasteiger partial charge in [-0.25, -0.2) is 9.18 Å². The minimum absolute atomic E-state index is 0.0266. The van der Waals surface area contributed by atoms with Crippen LogP contribution in [0.1, 0.15) is 26.5 Å². The third-order valence-electron chi connectivity index (χ3n) is 4.35. The molecule has 1 amide bonds. The van der Waals surface area contributed by atoms with Crippen molar-refractivity contribution in [3.8, 4) is 0 Å². The third-order valence-corrected chi connectivity index (χ3v) is 4.35. The Labute approximate surface area is 144 Å². The van der Waals surface area contributed by atoms with E-state index in [1.807, 2.05) is 0 Å². The highest BCUT2D eigenvalue weighted by Gasteiger charge is 2.24. The van der Waals surface area contributed by atoms with Crippen LogP contribution in [0, 0.1) is 5.82 Å². The second kappa shape index (κ2) is 7.48. The Hall–Kier alpha value is -2.67. The van der Waals surface area contributed by atoms with E-state index in [2.05, 4.69) is 4.90 Å². The summed E-state index contributed by atoms with van der Waals surface area (Å²) in [6.45, 7) is 3.44. The zero-order valence-electron chi connectivity index (χ0n) is 13.7. The molecular formula is C18H19FN2O4. The number of amides is 1. The van der Waals surface area contributed by atoms with Crippen LogP contribution in [0.15, 0.2) is 41.0 Å². The van der Waals surface area contributed by atoms with Crippen LogP contribution in [0.25, 0.3) is 0 Å². The van der Waals surface area contributed by atoms with Gasteiger partial charge in [-0.15, -0.1) is 0 Å². The first-order chi connectivity index (χ1) is 12.0. The normalized spacial score (nSPS) is 15.3. The van der Waals surface area contributed by atoms with E-state index < -0.39 is 5.97 Å². The number of carbonyl (C=O) groups excluding carboxylic acids is 1. The van der Waals surface area contributed by atoms with Crippen molar-refractivity contribution in [1.82, 2.24) is 9.80 Å². The maximum Gasteiger partial charge on any atom is 0.338 e. The van der Waals surface area contributed by atoms with Crippen molar-refractivity contribution >= 4 is 11.9 Å². The number of carboxylic acid groups (broad SMARTS) is 1. The molecular weight excluding hydrogens is 327 g/mol. The van der Waals surface area contributed by atoms with Crippen molar-refractivity contribution in [1.29, 1.82) is 0 Å². The minimum Gasteiger partial charge on any atom is -0.478 e. The first kappa shape index (κ1) is 17.2. The number of carboxylic acids is 1. The molecule has 0 bridgehead atoms. The lowest BCUT2D eigenvalue weighted by molar-refractivity contribution is 0.0607. The Morgan fingerprint density at radius 3 is 2.40 bits per heavy atom. The summed E-state index contributed by atoms with van der Waals surface area (Å²) in [4.78, 5) is 27.1. The maximum atomic E-state index is 12.9. The van der Waals surface area contributed by atoms with E-state index in [1.165, 1.54) is 18.2 Å². The lowest BCUT2D eigenvalue weighted by Crippen LogP contribution is -2.49. The van der Waals surface area contributed by atoms with E-state index in [-0.39, 0.29) is 23.0 Å². The third kappa shape index (κ3) is 4.24. The predicted octanol–water partition coefficient (Wildman–Crippen LogP) is 2.12. The van der Waals surface area contributed by atoms with Crippen LogP contribution >= 0.6 is 0 Å². The van der Waals surface area contributed by atoms with Gasteiger partial charge in [-0.2, -0.15) is 0 Å². The quantitative estimate of drug-likeness (QED) is 0.898. The van der Waals surface area contributed by atoms with E-state index in [1.54, 1.807) is 17.0 Å². The van der Waals surface area contributed by atoms with Gasteiger partial charge >= 0.3 is 5.97 Å². The Balaban J connectivity index is 1.48. The fourth-order valence-electron chi connectivity index (χ4n) is 2.83. The molecule has 1 saturated heterocycles. The van der Waals surface area contributed by atoms with Gasteiger partial charge in [-0.05, 0) is 24.1 Å². The van der Waals surface area contributed by atoms with Crippen LogP contribution in [-0.4, -0.2) is 59.5 Å². The van der Waals surface area contributed by atoms with Gasteiger partial charge in [0, 0.05) is 38.8 Å². The minimum atomic E-state index is -1.12. The van der Waals surface area contributed by atoms with Crippen LogP contribution in [0.2, 0.25) is 0 Å². The van der Waals surface area contributed by atoms with Crippen molar-refractivity contribution in [3.05, 3.63) is 59.3 Å². The summed E-state index contributed by atoms with van der Waals surface area (Å²) >= 11 is 0. The Kier molecular flexibility index (Phi) is 5.14. The fourth-order valence-corrected chi connectivity index (χ4v) is 2.83. The van der Waals surface area contributed by atoms with Crippen LogP contribution in [-0.2, 0) is 6.42 Å². The number of rotatable bonds is 5. The lowest BCUT2D eigenvalue weighted by Gasteiger charge is -2.34. The molecule has 0 radical (unpaired) electrons. The van der Waals surface area contributed by atoms with Crippen molar-refractivity contribution in [3.63, 3.8) is 0 Å². The van der Waals surface area contributed by atoms with Crippen molar-refractivity contribution in [2.45, 2.75) is 6.42 Å². The molecule has 2 heterocycles. The van der Waals surface area contributed by atoms with Crippen molar-refractivity contribution in [2.75, 3.05) is 32.7 Å². The number of piperazine rings is 1. The lowest BCUT2D eigenvalue weighted by atomic mass is 10.1. The van der Waals surface area contributed by atoms with Gasteiger partial charge in [0.15, 0.2) is 5.76 Å². The van der Waals surface area contributed by atoms with E-state index >= 15 is 0 Å². The van der Waals surface area contributed by atoms with E-state index in [0.717, 1.165) is 37.9 Å². The number of nitrogens with zero attached hydrogens (tertiary/aromatic N) is 2. The summed E-state index contributed by atoms with van der Waals surface area (Å²) in [5.41, 5.74) is 1.05. The van der Waals surface area contributed by atoms with Crippen molar-refractivity contribution < 1.29 is 23.5 Å². The van der Waals surface area contributed by atoms with Gasteiger partial charge in [-0.3, -0.25) is 9.69 Å². The molecule has 3 rings (SSSR count). The molecule has 6 nitrogen and oxygen atoms in total. The van der Waals surface area contributed by atoms with Gasteiger partial charge in [0.1, 0.15) is 12.1 Å². The first-order valence-corrected chi connectivity index (χ1v) is 8.11. The number of hydrogen-bond acceptors (Lipinski definition) is 4. The molecule has 132 valence electrons. The van der Waals surface area contributed by atoms with Gasteiger partial charge in [0.05, 0.1) is 5.56 Å². The van der Waals surface area contributed by atoms with Crippen LogP contribution in [0.5, 0.6) is 0 Å². The van der Waals surface area contributed by atoms with Gasteiger partial charge in [0.25, 0.3) is 5.91 Å². The fraction of sp³-hybridized carbons (Fsp3) is 0.333. The molecule has 0 aliphatic carbocycles. The van der Waals surface area contributed by atoms with E-state index in [0.29, 0.717) is 13.1 Å². The molecule has 7 heteroatoms. The predicted molar refractivity (Wildman–Crippen MR) is 88.1 cm³/mol. The topological polar surface area (TPSA) is 74.0 Å². The number of carbonyl (C=O) groups is 2. The Morgan fingerprint density at radius 1 is 1.12 bits per heavy atom. The summed E-state index contributed by atoms with van der Waals surface area (Å²) in [6.07, 6.45) is 1.91. The molecule has 0 unspecified atom stereocenters. The van der Waals surface area contributed by atoms with Crippen LogP contribution in [0.3, 0.4) is 0 Å². The molecule has 1 aromatic carbocycles. The highest BCUT2D eigenvalue weighted by atomic mass is 19.1. The van der Waals surface area contributed by atoms with E-state index in [9.17, 15) is 14.0 Å². The van der Waals surface area contributed by atoms with Crippen LogP contribution < -0.4 is 0 Å². The molecule has 2 aromatic rings.